The van der Waals surface area contributed by atoms with E-state index in [4.69, 9.17) is 0 Å². The lowest BCUT2D eigenvalue weighted by Gasteiger charge is -2.40. The molecule has 0 unspecified atom stereocenters. The van der Waals surface area contributed by atoms with Gasteiger partial charge in [-0.1, -0.05) is 20.8 Å². The third-order valence-electron chi connectivity index (χ3n) is 4.07. The van der Waals surface area contributed by atoms with Gasteiger partial charge in [0.25, 0.3) is 0 Å². The van der Waals surface area contributed by atoms with Crippen LogP contribution >= 0.6 is 0 Å². The molecule has 2 rings (SSSR count). The lowest BCUT2D eigenvalue weighted by molar-refractivity contribution is 0.167. The zero-order valence-corrected chi connectivity index (χ0v) is 13.5. The summed E-state index contributed by atoms with van der Waals surface area (Å²) in [7, 11) is 0. The smallest absolute Gasteiger partial charge is 0.123 e. The van der Waals surface area contributed by atoms with Gasteiger partial charge < -0.3 is 10.2 Å². The SMILES string of the molecule is CCNCC(C)(C)CN1CCN(c2ccc(F)cc2)CC1. The molecule has 0 atom stereocenters. The van der Waals surface area contributed by atoms with Gasteiger partial charge in [0.05, 0.1) is 0 Å². The van der Waals surface area contributed by atoms with Crippen molar-refractivity contribution in [2.75, 3.05) is 50.7 Å². The van der Waals surface area contributed by atoms with Crippen molar-refractivity contribution < 1.29 is 4.39 Å². The highest BCUT2D eigenvalue weighted by Crippen LogP contribution is 2.20. The van der Waals surface area contributed by atoms with E-state index in [-0.39, 0.29) is 5.82 Å². The molecule has 1 aromatic carbocycles. The molecule has 3 nitrogen and oxygen atoms in total. The molecule has 118 valence electrons. The second-order valence-corrected chi connectivity index (χ2v) is 6.68. The minimum Gasteiger partial charge on any atom is -0.369 e. The molecule has 0 aromatic heterocycles. The first kappa shape index (κ1) is 16.2. The van der Waals surface area contributed by atoms with Gasteiger partial charge >= 0.3 is 0 Å². The minimum absolute atomic E-state index is 0.164. The van der Waals surface area contributed by atoms with Crippen LogP contribution in [-0.2, 0) is 0 Å². The number of benzene rings is 1. The highest BCUT2D eigenvalue weighted by Gasteiger charge is 2.24. The van der Waals surface area contributed by atoms with Crippen LogP contribution in [-0.4, -0.2) is 50.7 Å². The average molecular weight is 293 g/mol. The van der Waals surface area contributed by atoms with Gasteiger partial charge in [-0.15, -0.1) is 0 Å². The van der Waals surface area contributed by atoms with Crippen LogP contribution in [0.25, 0.3) is 0 Å². The van der Waals surface area contributed by atoms with E-state index >= 15 is 0 Å². The first-order valence-electron chi connectivity index (χ1n) is 7.94. The average Bonchev–Trinajstić information content (AvgIpc) is 2.47. The molecule has 1 saturated heterocycles. The van der Waals surface area contributed by atoms with Gasteiger partial charge in [-0.25, -0.2) is 4.39 Å². The zero-order chi connectivity index (χ0) is 15.3. The third-order valence-corrected chi connectivity index (χ3v) is 4.07. The molecule has 21 heavy (non-hydrogen) atoms. The van der Waals surface area contributed by atoms with Crippen molar-refractivity contribution in [1.82, 2.24) is 10.2 Å². The fraction of sp³-hybridized carbons (Fsp3) is 0.647. The van der Waals surface area contributed by atoms with E-state index in [0.29, 0.717) is 5.41 Å². The van der Waals surface area contributed by atoms with Crippen LogP contribution in [0.3, 0.4) is 0 Å². The quantitative estimate of drug-likeness (QED) is 0.870. The van der Waals surface area contributed by atoms with Crippen LogP contribution in [0.2, 0.25) is 0 Å². The molecular formula is C17H28FN3. The van der Waals surface area contributed by atoms with Crippen molar-refractivity contribution in [2.45, 2.75) is 20.8 Å². The summed E-state index contributed by atoms with van der Waals surface area (Å²) in [5.41, 5.74) is 1.43. The van der Waals surface area contributed by atoms with Gasteiger partial charge in [-0.05, 0) is 36.2 Å². The largest absolute Gasteiger partial charge is 0.369 e. The van der Waals surface area contributed by atoms with Crippen molar-refractivity contribution >= 4 is 5.69 Å². The molecule has 1 N–H and O–H groups in total. The minimum atomic E-state index is -0.164. The molecule has 1 aliphatic heterocycles. The summed E-state index contributed by atoms with van der Waals surface area (Å²) in [5.74, 6) is -0.164. The van der Waals surface area contributed by atoms with Crippen LogP contribution in [0.4, 0.5) is 10.1 Å². The molecule has 1 aromatic rings. The van der Waals surface area contributed by atoms with Crippen molar-refractivity contribution in [3.8, 4) is 0 Å². The molecule has 1 fully saturated rings. The fourth-order valence-electron chi connectivity index (χ4n) is 2.94. The van der Waals surface area contributed by atoms with Crippen LogP contribution in [0.5, 0.6) is 0 Å². The standard InChI is InChI=1S/C17H28FN3/c1-4-19-13-17(2,3)14-20-9-11-21(12-10-20)16-7-5-15(18)6-8-16/h5-8,19H,4,9-14H2,1-3H3. The number of hydrogen-bond donors (Lipinski definition) is 1. The number of rotatable bonds is 6. The summed E-state index contributed by atoms with van der Waals surface area (Å²) in [6.07, 6.45) is 0. The maximum atomic E-state index is 13.0. The van der Waals surface area contributed by atoms with E-state index in [1.165, 1.54) is 0 Å². The number of halogens is 1. The Morgan fingerprint density at radius 3 is 2.29 bits per heavy atom. The maximum absolute atomic E-state index is 13.0. The van der Waals surface area contributed by atoms with Gasteiger partial charge in [0.1, 0.15) is 5.82 Å². The van der Waals surface area contributed by atoms with Gasteiger partial charge in [0.15, 0.2) is 0 Å². The Labute approximate surface area is 128 Å². The predicted octanol–water partition coefficient (Wildman–Crippen LogP) is 2.58. The molecule has 0 spiro atoms. The second-order valence-electron chi connectivity index (χ2n) is 6.68. The number of anilines is 1. The molecule has 0 aliphatic carbocycles. The van der Waals surface area contributed by atoms with Gasteiger partial charge in [-0.3, -0.25) is 4.90 Å². The second kappa shape index (κ2) is 7.23. The van der Waals surface area contributed by atoms with Crippen LogP contribution < -0.4 is 10.2 Å². The number of piperazine rings is 1. The molecule has 0 amide bonds. The van der Waals surface area contributed by atoms with Crippen LogP contribution in [0.15, 0.2) is 24.3 Å². The van der Waals surface area contributed by atoms with E-state index < -0.39 is 0 Å². The lowest BCUT2D eigenvalue weighted by atomic mass is 9.92. The van der Waals surface area contributed by atoms with Gasteiger partial charge in [-0.2, -0.15) is 0 Å². The van der Waals surface area contributed by atoms with Gasteiger partial charge in [0, 0.05) is 45.0 Å². The van der Waals surface area contributed by atoms with Crippen molar-refractivity contribution in [2.24, 2.45) is 5.41 Å². The molecular weight excluding hydrogens is 265 g/mol. The van der Waals surface area contributed by atoms with E-state index in [1.807, 2.05) is 12.1 Å². The monoisotopic (exact) mass is 293 g/mol. The topological polar surface area (TPSA) is 18.5 Å². The Balaban J connectivity index is 1.81. The van der Waals surface area contributed by atoms with E-state index in [9.17, 15) is 4.39 Å². The number of nitrogens with zero attached hydrogens (tertiary/aromatic N) is 2. The fourth-order valence-corrected chi connectivity index (χ4v) is 2.94. The molecule has 1 heterocycles. The van der Waals surface area contributed by atoms with Crippen molar-refractivity contribution in [3.05, 3.63) is 30.1 Å². The number of hydrogen-bond acceptors (Lipinski definition) is 3. The molecule has 0 saturated carbocycles. The van der Waals surface area contributed by atoms with E-state index in [1.54, 1.807) is 12.1 Å². The summed E-state index contributed by atoms with van der Waals surface area (Å²) in [6.45, 7) is 14.2. The first-order valence-corrected chi connectivity index (χ1v) is 7.94. The maximum Gasteiger partial charge on any atom is 0.123 e. The van der Waals surface area contributed by atoms with Crippen molar-refractivity contribution in [3.63, 3.8) is 0 Å². The Kier molecular flexibility index (Phi) is 5.59. The normalized spacial score (nSPS) is 17.2. The van der Waals surface area contributed by atoms with E-state index in [0.717, 1.165) is 51.5 Å². The summed E-state index contributed by atoms with van der Waals surface area (Å²) < 4.78 is 13.0. The predicted molar refractivity (Wildman–Crippen MR) is 87.4 cm³/mol. The third kappa shape index (κ3) is 4.97. The Morgan fingerprint density at radius 2 is 1.71 bits per heavy atom. The first-order chi connectivity index (χ1) is 10.00. The zero-order valence-electron chi connectivity index (χ0n) is 13.5. The summed E-state index contributed by atoms with van der Waals surface area (Å²) in [6, 6.07) is 6.84. The Hall–Kier alpha value is -1.13. The number of nitrogens with one attached hydrogen (secondary N) is 1. The Bertz CT molecular complexity index is 422. The molecule has 0 bridgehead atoms. The lowest BCUT2D eigenvalue weighted by Crippen LogP contribution is -2.50. The molecule has 4 heteroatoms. The van der Waals surface area contributed by atoms with E-state index in [2.05, 4.69) is 35.9 Å². The van der Waals surface area contributed by atoms with Gasteiger partial charge in [0.2, 0.25) is 0 Å². The highest BCUT2D eigenvalue weighted by atomic mass is 19.1. The summed E-state index contributed by atoms with van der Waals surface area (Å²) >= 11 is 0. The Morgan fingerprint density at radius 1 is 1.10 bits per heavy atom. The summed E-state index contributed by atoms with van der Waals surface area (Å²) in [5, 5.41) is 3.45. The molecule has 0 radical (unpaired) electrons. The highest BCUT2D eigenvalue weighted by molar-refractivity contribution is 5.46. The van der Waals surface area contributed by atoms with Crippen molar-refractivity contribution in [1.29, 1.82) is 0 Å². The molecule has 1 aliphatic rings. The van der Waals surface area contributed by atoms with Crippen LogP contribution in [0, 0.1) is 11.2 Å². The summed E-state index contributed by atoms with van der Waals surface area (Å²) in [4.78, 5) is 4.88. The van der Waals surface area contributed by atoms with Crippen LogP contribution in [0.1, 0.15) is 20.8 Å².